The number of carbonyl (C=O) groups is 3. The summed E-state index contributed by atoms with van der Waals surface area (Å²) < 4.78 is 5.18. The highest BCUT2D eigenvalue weighted by Crippen LogP contribution is 2.11. The van der Waals surface area contributed by atoms with E-state index < -0.39 is 17.7 Å². The van der Waals surface area contributed by atoms with Crippen molar-refractivity contribution < 1.29 is 19.1 Å². The quantitative estimate of drug-likeness (QED) is 0.820. The summed E-state index contributed by atoms with van der Waals surface area (Å²) in [4.78, 5) is 39.0. The minimum atomic E-state index is -0.614. The summed E-state index contributed by atoms with van der Waals surface area (Å²) in [5, 5.41) is 2.64. The van der Waals surface area contributed by atoms with E-state index in [4.69, 9.17) is 4.74 Å². The van der Waals surface area contributed by atoms with E-state index in [1.165, 1.54) is 11.9 Å². The SMILES string of the molecule is C[C@@H](NC(=O)CN(C)C(=O)OC(C)(C)C)C(=O)N1CCSCC1. The first-order valence-electron chi connectivity index (χ1n) is 7.70. The molecule has 1 fully saturated rings. The molecule has 0 aromatic carbocycles. The van der Waals surface area contributed by atoms with Crippen LogP contribution in [0.25, 0.3) is 0 Å². The third-order valence-corrected chi connectivity index (χ3v) is 4.10. The third kappa shape index (κ3) is 7.11. The van der Waals surface area contributed by atoms with Crippen molar-refractivity contribution in [3.05, 3.63) is 0 Å². The molecule has 0 unspecified atom stereocenters. The highest BCUT2D eigenvalue weighted by atomic mass is 32.2. The molecule has 1 rings (SSSR count). The molecule has 0 aromatic rings. The molecular formula is C15H27N3O4S. The lowest BCUT2D eigenvalue weighted by molar-refractivity contribution is -0.135. The Morgan fingerprint density at radius 2 is 1.83 bits per heavy atom. The van der Waals surface area contributed by atoms with Gasteiger partial charge in [-0.2, -0.15) is 11.8 Å². The second kappa shape index (κ2) is 8.42. The van der Waals surface area contributed by atoms with Crippen LogP contribution in [0, 0.1) is 0 Å². The van der Waals surface area contributed by atoms with E-state index in [-0.39, 0.29) is 18.4 Å². The van der Waals surface area contributed by atoms with Gasteiger partial charge in [0.25, 0.3) is 0 Å². The van der Waals surface area contributed by atoms with Gasteiger partial charge in [0.15, 0.2) is 0 Å². The van der Waals surface area contributed by atoms with Gasteiger partial charge in [0.05, 0.1) is 0 Å². The van der Waals surface area contributed by atoms with Gasteiger partial charge < -0.3 is 19.9 Å². The average Bonchev–Trinajstić information content (AvgIpc) is 2.45. The Bertz CT molecular complexity index is 444. The fourth-order valence-electron chi connectivity index (χ4n) is 2.03. The van der Waals surface area contributed by atoms with E-state index in [0.717, 1.165) is 11.5 Å². The molecule has 1 N–H and O–H groups in total. The van der Waals surface area contributed by atoms with E-state index in [2.05, 4.69) is 5.32 Å². The molecule has 8 heteroatoms. The number of nitrogens with zero attached hydrogens (tertiary/aromatic N) is 2. The third-order valence-electron chi connectivity index (χ3n) is 3.16. The van der Waals surface area contributed by atoms with Crippen LogP contribution in [-0.2, 0) is 14.3 Å². The topological polar surface area (TPSA) is 79.0 Å². The fraction of sp³-hybridized carbons (Fsp3) is 0.800. The van der Waals surface area contributed by atoms with Crippen molar-refractivity contribution in [2.45, 2.75) is 39.3 Å². The molecule has 1 aliphatic rings. The average molecular weight is 345 g/mol. The highest BCUT2D eigenvalue weighted by molar-refractivity contribution is 7.99. The van der Waals surface area contributed by atoms with Crippen molar-refractivity contribution in [3.63, 3.8) is 0 Å². The van der Waals surface area contributed by atoms with Crippen molar-refractivity contribution in [3.8, 4) is 0 Å². The summed E-state index contributed by atoms with van der Waals surface area (Å²) in [5.74, 6) is 1.38. The zero-order valence-corrected chi connectivity index (χ0v) is 15.4. The Balaban J connectivity index is 2.42. The summed E-state index contributed by atoms with van der Waals surface area (Å²) in [5.41, 5.74) is -0.614. The van der Waals surface area contributed by atoms with Crippen molar-refractivity contribution >= 4 is 29.7 Å². The minimum absolute atomic E-state index is 0.0847. The molecule has 1 atom stereocenters. The summed E-state index contributed by atoms with van der Waals surface area (Å²) >= 11 is 1.82. The predicted octanol–water partition coefficient (Wildman–Crippen LogP) is 0.933. The molecule has 0 bridgehead atoms. The highest BCUT2D eigenvalue weighted by Gasteiger charge is 2.25. The van der Waals surface area contributed by atoms with Gasteiger partial charge in [0.1, 0.15) is 18.2 Å². The Morgan fingerprint density at radius 3 is 2.35 bits per heavy atom. The standard InChI is InChI=1S/C15H27N3O4S/c1-11(13(20)18-6-8-23-9-7-18)16-12(19)10-17(5)14(21)22-15(2,3)4/h11H,6-10H2,1-5H3,(H,16,19)/t11-/m1/s1. The molecule has 0 aliphatic carbocycles. The zero-order chi connectivity index (χ0) is 17.6. The molecule has 3 amide bonds. The molecule has 7 nitrogen and oxygen atoms in total. The molecule has 1 saturated heterocycles. The summed E-state index contributed by atoms with van der Waals surface area (Å²) in [6.07, 6.45) is -0.570. The summed E-state index contributed by atoms with van der Waals surface area (Å²) in [6, 6.07) is -0.599. The second-order valence-electron chi connectivity index (χ2n) is 6.56. The van der Waals surface area contributed by atoms with Crippen LogP contribution >= 0.6 is 11.8 Å². The smallest absolute Gasteiger partial charge is 0.410 e. The van der Waals surface area contributed by atoms with Crippen LogP contribution < -0.4 is 5.32 Å². The Hall–Kier alpha value is -1.44. The van der Waals surface area contributed by atoms with Crippen molar-refractivity contribution in [2.24, 2.45) is 0 Å². The molecule has 0 spiro atoms. The van der Waals surface area contributed by atoms with Gasteiger partial charge in [-0.3, -0.25) is 9.59 Å². The normalized spacial score (nSPS) is 16.5. The van der Waals surface area contributed by atoms with E-state index in [1.54, 1.807) is 32.6 Å². The monoisotopic (exact) mass is 345 g/mol. The molecule has 23 heavy (non-hydrogen) atoms. The predicted molar refractivity (Wildman–Crippen MR) is 90.4 cm³/mol. The lowest BCUT2D eigenvalue weighted by Gasteiger charge is -2.29. The van der Waals surface area contributed by atoms with Gasteiger partial charge in [0, 0.05) is 31.6 Å². The molecule has 1 aliphatic heterocycles. The van der Waals surface area contributed by atoms with Crippen LogP contribution in [0.2, 0.25) is 0 Å². The van der Waals surface area contributed by atoms with Crippen molar-refractivity contribution in [2.75, 3.05) is 38.2 Å². The van der Waals surface area contributed by atoms with Crippen LogP contribution in [0.3, 0.4) is 0 Å². The lowest BCUT2D eigenvalue weighted by atomic mass is 10.2. The van der Waals surface area contributed by atoms with E-state index in [1.807, 2.05) is 11.8 Å². The van der Waals surface area contributed by atoms with Gasteiger partial charge in [-0.15, -0.1) is 0 Å². The Kier molecular flexibility index (Phi) is 7.18. The first-order valence-corrected chi connectivity index (χ1v) is 8.85. The fourth-order valence-corrected chi connectivity index (χ4v) is 2.93. The first-order chi connectivity index (χ1) is 10.6. The maximum atomic E-state index is 12.2. The zero-order valence-electron chi connectivity index (χ0n) is 14.5. The number of hydrogen-bond acceptors (Lipinski definition) is 5. The summed E-state index contributed by atoms with van der Waals surface area (Å²) in [7, 11) is 1.49. The molecule has 132 valence electrons. The Morgan fingerprint density at radius 1 is 1.26 bits per heavy atom. The van der Waals surface area contributed by atoms with Crippen LogP contribution in [0.4, 0.5) is 4.79 Å². The van der Waals surface area contributed by atoms with E-state index in [0.29, 0.717) is 13.1 Å². The molecule has 0 radical (unpaired) electrons. The number of hydrogen-bond donors (Lipinski definition) is 1. The number of carbonyl (C=O) groups excluding carboxylic acids is 3. The van der Waals surface area contributed by atoms with E-state index >= 15 is 0 Å². The minimum Gasteiger partial charge on any atom is -0.444 e. The number of likely N-dealkylation sites (N-methyl/N-ethyl adjacent to an activating group) is 1. The van der Waals surface area contributed by atoms with Gasteiger partial charge in [0.2, 0.25) is 11.8 Å². The van der Waals surface area contributed by atoms with Crippen LogP contribution in [0.15, 0.2) is 0 Å². The Labute approximate surface area is 142 Å². The summed E-state index contributed by atoms with van der Waals surface area (Å²) in [6.45, 7) is 8.21. The maximum Gasteiger partial charge on any atom is 0.410 e. The number of amides is 3. The van der Waals surface area contributed by atoms with Crippen molar-refractivity contribution in [1.82, 2.24) is 15.1 Å². The van der Waals surface area contributed by atoms with Gasteiger partial charge in [-0.25, -0.2) is 4.79 Å². The second-order valence-corrected chi connectivity index (χ2v) is 7.79. The molecular weight excluding hydrogens is 318 g/mol. The van der Waals surface area contributed by atoms with Crippen LogP contribution in [-0.4, -0.2) is 77.5 Å². The van der Waals surface area contributed by atoms with Gasteiger partial charge >= 0.3 is 6.09 Å². The first kappa shape index (κ1) is 19.6. The van der Waals surface area contributed by atoms with Crippen molar-refractivity contribution in [1.29, 1.82) is 0 Å². The van der Waals surface area contributed by atoms with Crippen LogP contribution in [0.1, 0.15) is 27.7 Å². The largest absolute Gasteiger partial charge is 0.444 e. The molecule has 1 heterocycles. The lowest BCUT2D eigenvalue weighted by Crippen LogP contribution is -2.51. The number of thioether (sulfide) groups is 1. The van der Waals surface area contributed by atoms with Gasteiger partial charge in [-0.05, 0) is 27.7 Å². The number of ether oxygens (including phenoxy) is 1. The van der Waals surface area contributed by atoms with E-state index in [9.17, 15) is 14.4 Å². The molecule has 0 saturated carbocycles. The number of nitrogens with one attached hydrogen (secondary N) is 1. The molecule has 0 aromatic heterocycles. The van der Waals surface area contributed by atoms with Crippen LogP contribution in [0.5, 0.6) is 0 Å². The van der Waals surface area contributed by atoms with Gasteiger partial charge in [-0.1, -0.05) is 0 Å². The maximum absolute atomic E-state index is 12.2. The number of rotatable bonds is 4.